The van der Waals surface area contributed by atoms with Crippen LogP contribution in [-0.4, -0.2) is 49.2 Å². The first kappa shape index (κ1) is 34.6. The van der Waals surface area contributed by atoms with Crippen molar-refractivity contribution >= 4 is 34.0 Å². The molecule has 0 aliphatic heterocycles. The molecular weight excluding hydrogens is 532 g/mol. The van der Waals surface area contributed by atoms with Crippen LogP contribution >= 0.6 is 11.6 Å². The number of allylic oxidation sites excluding steroid dienone is 4. The van der Waals surface area contributed by atoms with E-state index in [4.69, 9.17) is 30.5 Å². The number of benzene rings is 1. The van der Waals surface area contributed by atoms with Gasteiger partial charge in [0.1, 0.15) is 11.5 Å². The Bertz CT molecular complexity index is 955. The molecule has 0 aliphatic rings. The van der Waals surface area contributed by atoms with E-state index in [1.54, 1.807) is 0 Å². The largest absolute Gasteiger partial charge is 0.466 e. The van der Waals surface area contributed by atoms with Crippen molar-refractivity contribution in [3.05, 3.63) is 45.0 Å². The highest BCUT2D eigenvalue weighted by atomic mass is 35.5. The quantitative estimate of drug-likeness (QED) is 0.0568. The van der Waals surface area contributed by atoms with E-state index in [2.05, 4.69) is 72.2 Å². The second kappa shape index (κ2) is 16.7. The molecule has 0 unspecified atom stereocenters. The third-order valence-electron chi connectivity index (χ3n) is 6.16. The van der Waals surface area contributed by atoms with Gasteiger partial charge in [0, 0.05) is 34.9 Å². The molecule has 216 valence electrons. The summed E-state index contributed by atoms with van der Waals surface area (Å²) in [7, 11) is -2.42. The molecule has 0 bridgehead atoms. The van der Waals surface area contributed by atoms with Crippen molar-refractivity contribution in [3.8, 4) is 11.5 Å². The Labute approximate surface area is 238 Å². The first-order chi connectivity index (χ1) is 17.7. The van der Waals surface area contributed by atoms with E-state index < -0.39 is 16.1 Å². The smallest absolute Gasteiger partial charge is 0.189 e. The zero-order chi connectivity index (χ0) is 28.9. The average molecular weight is 583 g/mol. The Balaban J connectivity index is 3.25. The summed E-state index contributed by atoms with van der Waals surface area (Å²) in [5, 5.41) is 0.415. The van der Waals surface area contributed by atoms with Gasteiger partial charge in [-0.1, -0.05) is 74.2 Å². The molecule has 8 heteroatoms. The van der Waals surface area contributed by atoms with Gasteiger partial charge in [0.05, 0.1) is 10.6 Å². The zero-order valence-corrected chi connectivity index (χ0v) is 28.3. The summed E-state index contributed by atoms with van der Waals surface area (Å²) in [6, 6.07) is 2.09. The van der Waals surface area contributed by atoms with Crippen LogP contribution in [-0.2, 0) is 15.9 Å². The lowest BCUT2D eigenvalue weighted by Gasteiger charge is -2.22. The minimum absolute atomic E-state index is 0.0643. The van der Waals surface area contributed by atoms with E-state index in [1.165, 1.54) is 11.1 Å². The lowest BCUT2D eigenvalue weighted by atomic mass is 9.98. The van der Waals surface area contributed by atoms with Crippen LogP contribution < -0.4 is 9.47 Å². The van der Waals surface area contributed by atoms with E-state index in [9.17, 15) is 4.79 Å². The predicted octanol–water partition coefficient (Wildman–Crippen LogP) is 9.08. The van der Waals surface area contributed by atoms with Crippen LogP contribution in [0.15, 0.2) is 23.3 Å². The number of carbonyl (C=O) groups excluding carboxylic acids is 1. The molecular formula is C30H51ClO5Si2. The number of hydrogen-bond donors (Lipinski definition) is 0. The summed E-state index contributed by atoms with van der Waals surface area (Å²) in [6.45, 7) is 23.5. The molecule has 1 aromatic rings. The first-order valence-corrected chi connectivity index (χ1v) is 21.5. The predicted molar refractivity (Wildman–Crippen MR) is 167 cm³/mol. The van der Waals surface area contributed by atoms with Crippen LogP contribution in [0.2, 0.25) is 56.4 Å². The van der Waals surface area contributed by atoms with Crippen LogP contribution in [0.25, 0.3) is 0 Å². The molecule has 1 aromatic carbocycles. The highest BCUT2D eigenvalue weighted by Gasteiger charge is 2.23. The van der Waals surface area contributed by atoms with Crippen molar-refractivity contribution in [1.29, 1.82) is 0 Å². The van der Waals surface area contributed by atoms with Gasteiger partial charge in [-0.2, -0.15) is 0 Å². The van der Waals surface area contributed by atoms with E-state index >= 15 is 0 Å². The van der Waals surface area contributed by atoms with E-state index in [0.717, 1.165) is 36.8 Å². The fourth-order valence-corrected chi connectivity index (χ4v) is 5.33. The van der Waals surface area contributed by atoms with Gasteiger partial charge in [-0.3, -0.25) is 4.79 Å². The molecule has 0 aromatic heterocycles. The summed E-state index contributed by atoms with van der Waals surface area (Å²) in [6.07, 6.45) is 7.67. The molecule has 0 atom stereocenters. The average Bonchev–Trinajstić information content (AvgIpc) is 2.79. The maximum absolute atomic E-state index is 12.2. The first-order valence-electron chi connectivity index (χ1n) is 13.7. The second-order valence-electron chi connectivity index (χ2n) is 12.6. The van der Waals surface area contributed by atoms with Gasteiger partial charge >= 0.3 is 0 Å². The molecule has 0 radical (unpaired) electrons. The fraction of sp³-hybridized carbons (Fsp3) is 0.633. The topological polar surface area (TPSA) is 54.0 Å². The van der Waals surface area contributed by atoms with Crippen molar-refractivity contribution in [2.24, 2.45) is 0 Å². The molecule has 1 rings (SSSR count). The van der Waals surface area contributed by atoms with Crippen molar-refractivity contribution in [3.63, 3.8) is 0 Å². The summed E-state index contributed by atoms with van der Waals surface area (Å²) in [4.78, 5) is 12.2. The monoisotopic (exact) mass is 582 g/mol. The normalized spacial score (nSPS) is 12.4. The van der Waals surface area contributed by atoms with Gasteiger partial charge < -0.3 is 18.9 Å². The summed E-state index contributed by atoms with van der Waals surface area (Å²) in [5.74, 6) is 0.980. The van der Waals surface area contributed by atoms with Gasteiger partial charge in [-0.25, -0.2) is 0 Å². The van der Waals surface area contributed by atoms with E-state index in [0.29, 0.717) is 47.3 Å². The van der Waals surface area contributed by atoms with Crippen molar-refractivity contribution in [2.45, 2.75) is 98.3 Å². The third kappa shape index (κ3) is 13.6. The molecule has 0 saturated heterocycles. The SMILES string of the molecule is CC(C)=CCC/C(C)=C/Cc1c(OCOCC[Si](C)(C)C)c(Cl)c(C)c(C=O)c1OCOCC[Si](C)(C)C. The van der Waals surface area contributed by atoms with Crippen LogP contribution in [0.4, 0.5) is 0 Å². The Morgan fingerprint density at radius 1 is 0.842 bits per heavy atom. The molecule has 0 fully saturated rings. The number of aldehydes is 1. The Morgan fingerprint density at radius 2 is 1.37 bits per heavy atom. The molecule has 0 N–H and O–H groups in total. The van der Waals surface area contributed by atoms with E-state index in [-0.39, 0.29) is 13.6 Å². The summed E-state index contributed by atoms with van der Waals surface area (Å²) >= 11 is 6.76. The highest BCUT2D eigenvalue weighted by molar-refractivity contribution is 6.76. The molecule has 5 nitrogen and oxygen atoms in total. The Kier molecular flexibility index (Phi) is 15.2. The van der Waals surface area contributed by atoms with Crippen LogP contribution in [0.1, 0.15) is 55.1 Å². The van der Waals surface area contributed by atoms with Crippen molar-refractivity contribution in [2.75, 3.05) is 26.8 Å². The minimum Gasteiger partial charge on any atom is -0.466 e. The molecule has 0 heterocycles. The van der Waals surface area contributed by atoms with Crippen LogP contribution in [0, 0.1) is 6.92 Å². The van der Waals surface area contributed by atoms with E-state index in [1.807, 2.05) is 6.92 Å². The zero-order valence-electron chi connectivity index (χ0n) is 25.5. The lowest BCUT2D eigenvalue weighted by molar-refractivity contribution is 0.0166. The van der Waals surface area contributed by atoms with Gasteiger partial charge in [0.2, 0.25) is 0 Å². The van der Waals surface area contributed by atoms with Gasteiger partial charge in [0.25, 0.3) is 0 Å². The van der Waals surface area contributed by atoms with Gasteiger partial charge in [-0.15, -0.1) is 0 Å². The van der Waals surface area contributed by atoms with Crippen molar-refractivity contribution < 1.29 is 23.7 Å². The van der Waals surface area contributed by atoms with Crippen LogP contribution in [0.3, 0.4) is 0 Å². The molecule has 38 heavy (non-hydrogen) atoms. The molecule has 0 spiro atoms. The lowest BCUT2D eigenvalue weighted by Crippen LogP contribution is -2.22. The highest BCUT2D eigenvalue weighted by Crippen LogP contribution is 2.42. The van der Waals surface area contributed by atoms with Gasteiger partial charge in [-0.05, 0) is 64.6 Å². The number of carbonyl (C=O) groups is 1. The molecule has 0 aliphatic carbocycles. The maximum atomic E-state index is 12.2. The number of hydrogen-bond acceptors (Lipinski definition) is 5. The third-order valence-corrected chi connectivity index (χ3v) is 10.0. The maximum Gasteiger partial charge on any atom is 0.189 e. The van der Waals surface area contributed by atoms with Crippen molar-refractivity contribution in [1.82, 2.24) is 0 Å². The fourth-order valence-electron chi connectivity index (χ4n) is 3.54. The summed E-state index contributed by atoms with van der Waals surface area (Å²) < 4.78 is 23.8. The second-order valence-corrected chi connectivity index (χ2v) is 24.3. The van der Waals surface area contributed by atoms with Crippen LogP contribution in [0.5, 0.6) is 11.5 Å². The molecule has 0 amide bonds. The number of halogens is 1. The number of ether oxygens (including phenoxy) is 4. The Morgan fingerprint density at radius 3 is 1.84 bits per heavy atom. The minimum atomic E-state index is -1.22. The Hall–Kier alpha value is -1.39. The summed E-state index contributed by atoms with van der Waals surface area (Å²) in [5.41, 5.74) is 4.37. The standard InChI is InChI=1S/C30H51ClO5Si2/c1-23(2)12-11-13-24(3)14-15-26-29(35-21-33-16-18-37(5,6)7)27(20-32)25(4)28(31)30(26)36-22-34-17-19-38(8,9)10/h12,14,20H,11,13,15-19,21-22H2,1-10H3/b24-14+. The molecule has 0 saturated carbocycles. The van der Waals surface area contributed by atoms with Gasteiger partial charge in [0.15, 0.2) is 19.9 Å². The number of rotatable bonds is 18.